The van der Waals surface area contributed by atoms with E-state index in [1.165, 1.54) is 0 Å². The number of hydrogen-bond acceptors (Lipinski definition) is 2. The maximum atomic E-state index is 11.1. The summed E-state index contributed by atoms with van der Waals surface area (Å²) in [7, 11) is 0. The maximum absolute atomic E-state index is 11.1. The zero-order valence-electron chi connectivity index (χ0n) is 8.37. The van der Waals surface area contributed by atoms with Crippen LogP contribution in [0.5, 0.6) is 0 Å². The molecule has 0 saturated carbocycles. The fourth-order valence-corrected chi connectivity index (χ4v) is 2.51. The highest BCUT2D eigenvalue weighted by Gasteiger charge is 2.34. The Morgan fingerprint density at radius 3 is 2.56 bits per heavy atom. The van der Waals surface area contributed by atoms with Crippen molar-refractivity contribution in [2.45, 2.75) is 19.0 Å². The van der Waals surface area contributed by atoms with Crippen LogP contribution in [-0.4, -0.2) is 30.2 Å². The topological polar surface area (TPSA) is 77.8 Å². The standard InChI is InChI=1S/C10H11NO4S/c12-10(13)9-5-7-3-1-2-4-8(7)6-11(9)16(14)15/h1-4,9H,5-6H2,(H,12,13)(H,14,15). The van der Waals surface area contributed by atoms with Gasteiger partial charge in [0.2, 0.25) is 11.3 Å². The number of hydrogen-bond donors (Lipinski definition) is 2. The van der Waals surface area contributed by atoms with Crippen LogP contribution in [0.15, 0.2) is 24.3 Å². The van der Waals surface area contributed by atoms with Gasteiger partial charge >= 0.3 is 5.97 Å². The van der Waals surface area contributed by atoms with Crippen LogP contribution in [-0.2, 0) is 29.0 Å². The third-order valence-corrected chi connectivity index (χ3v) is 3.48. The number of carbonyl (C=O) groups is 1. The van der Waals surface area contributed by atoms with Gasteiger partial charge in [0.1, 0.15) is 6.04 Å². The van der Waals surface area contributed by atoms with Crippen LogP contribution in [0.2, 0.25) is 0 Å². The van der Waals surface area contributed by atoms with E-state index in [2.05, 4.69) is 0 Å². The average molecular weight is 241 g/mol. The smallest absolute Gasteiger partial charge is 0.322 e. The van der Waals surface area contributed by atoms with Gasteiger partial charge in [-0.2, -0.15) is 4.31 Å². The van der Waals surface area contributed by atoms with E-state index in [4.69, 9.17) is 9.66 Å². The highest BCUT2D eigenvalue weighted by Crippen LogP contribution is 2.24. The summed E-state index contributed by atoms with van der Waals surface area (Å²) in [6.07, 6.45) is 0.262. The first-order valence-electron chi connectivity index (χ1n) is 4.77. The summed E-state index contributed by atoms with van der Waals surface area (Å²) >= 11 is -2.26. The summed E-state index contributed by atoms with van der Waals surface area (Å²) in [5, 5.41) is 9.00. The lowest BCUT2D eigenvalue weighted by molar-refractivity contribution is -0.141. The fourth-order valence-electron chi connectivity index (χ4n) is 1.87. The zero-order chi connectivity index (χ0) is 11.7. The first-order valence-corrected chi connectivity index (χ1v) is 5.83. The Bertz CT molecular complexity index is 407. The van der Waals surface area contributed by atoms with E-state index in [1.807, 2.05) is 24.3 Å². The Labute approximate surface area is 95.1 Å². The Balaban J connectivity index is 2.37. The van der Waals surface area contributed by atoms with E-state index in [0.717, 1.165) is 15.4 Å². The third-order valence-electron chi connectivity index (χ3n) is 2.69. The quantitative estimate of drug-likeness (QED) is 0.745. The van der Waals surface area contributed by atoms with Crippen LogP contribution in [0.3, 0.4) is 0 Å². The third kappa shape index (κ3) is 1.99. The molecular weight excluding hydrogens is 230 g/mol. The first-order chi connectivity index (χ1) is 7.59. The van der Waals surface area contributed by atoms with Gasteiger partial charge in [-0.1, -0.05) is 24.3 Å². The summed E-state index contributed by atoms with van der Waals surface area (Å²) in [6.45, 7) is 0.191. The molecule has 6 heteroatoms. The lowest BCUT2D eigenvalue weighted by Crippen LogP contribution is -2.46. The van der Waals surface area contributed by atoms with Crippen LogP contribution in [0.1, 0.15) is 11.1 Å². The van der Waals surface area contributed by atoms with Crippen molar-refractivity contribution >= 4 is 17.2 Å². The van der Waals surface area contributed by atoms with Gasteiger partial charge < -0.3 is 5.11 Å². The second kappa shape index (κ2) is 4.32. The average Bonchev–Trinajstić information content (AvgIpc) is 2.27. The molecule has 1 aliphatic heterocycles. The molecule has 0 amide bonds. The highest BCUT2D eigenvalue weighted by molar-refractivity contribution is 7.76. The van der Waals surface area contributed by atoms with Crippen molar-refractivity contribution < 1.29 is 18.7 Å². The molecule has 16 heavy (non-hydrogen) atoms. The molecule has 5 nitrogen and oxygen atoms in total. The lowest BCUT2D eigenvalue weighted by atomic mass is 9.96. The molecule has 86 valence electrons. The number of benzene rings is 1. The Kier molecular flexibility index (Phi) is 3.04. The van der Waals surface area contributed by atoms with Crippen LogP contribution in [0, 0.1) is 0 Å². The predicted molar refractivity (Wildman–Crippen MR) is 57.9 cm³/mol. The Morgan fingerprint density at radius 2 is 2.00 bits per heavy atom. The number of nitrogens with zero attached hydrogens (tertiary/aromatic N) is 1. The molecule has 0 fully saturated rings. The van der Waals surface area contributed by atoms with Crippen molar-refractivity contribution in [1.82, 2.24) is 4.31 Å². The van der Waals surface area contributed by atoms with Crippen molar-refractivity contribution in [3.05, 3.63) is 35.4 Å². The van der Waals surface area contributed by atoms with Gasteiger partial charge in [0.15, 0.2) is 0 Å². The molecule has 1 aromatic carbocycles. The first kappa shape index (κ1) is 11.3. The summed E-state index contributed by atoms with van der Waals surface area (Å²) < 4.78 is 21.2. The largest absolute Gasteiger partial charge is 0.480 e. The van der Waals surface area contributed by atoms with E-state index in [-0.39, 0.29) is 13.0 Å². The van der Waals surface area contributed by atoms with Crippen LogP contribution in [0.4, 0.5) is 0 Å². The van der Waals surface area contributed by atoms with Gasteiger partial charge in [0, 0.05) is 13.0 Å². The van der Waals surface area contributed by atoms with Gasteiger partial charge in [0.25, 0.3) is 0 Å². The molecular formula is C10H11NO4S. The molecule has 0 aromatic heterocycles. The Hall–Kier alpha value is -1.24. The van der Waals surface area contributed by atoms with Gasteiger partial charge in [-0.15, -0.1) is 0 Å². The van der Waals surface area contributed by atoms with Crippen molar-refractivity contribution in [3.8, 4) is 0 Å². The highest BCUT2D eigenvalue weighted by atomic mass is 32.2. The molecule has 2 unspecified atom stereocenters. The van der Waals surface area contributed by atoms with Crippen LogP contribution in [0.25, 0.3) is 0 Å². The predicted octanol–water partition coefficient (Wildman–Crippen LogP) is 0.635. The molecule has 0 radical (unpaired) electrons. The van der Waals surface area contributed by atoms with Crippen LogP contribution >= 0.6 is 0 Å². The van der Waals surface area contributed by atoms with Crippen molar-refractivity contribution in [2.24, 2.45) is 0 Å². The van der Waals surface area contributed by atoms with Gasteiger partial charge in [-0.05, 0) is 11.1 Å². The van der Waals surface area contributed by atoms with Gasteiger partial charge in [-0.25, -0.2) is 4.21 Å². The summed E-state index contributed by atoms with van der Waals surface area (Å²) in [6, 6.07) is 6.43. The number of carboxylic acid groups (broad SMARTS) is 1. The molecule has 0 spiro atoms. The zero-order valence-corrected chi connectivity index (χ0v) is 9.18. The molecule has 0 aliphatic carbocycles. The molecule has 1 aromatic rings. The second-order valence-corrected chi connectivity index (χ2v) is 4.56. The van der Waals surface area contributed by atoms with Crippen LogP contribution < -0.4 is 0 Å². The normalized spacial score (nSPS) is 22.4. The SMILES string of the molecule is O=C(O)C1Cc2ccccc2CN1S(=O)O. The molecule has 2 rings (SSSR count). The van der Waals surface area contributed by atoms with E-state index in [1.54, 1.807) is 0 Å². The fraction of sp³-hybridized carbons (Fsp3) is 0.300. The number of rotatable bonds is 2. The summed E-state index contributed by atoms with van der Waals surface area (Å²) in [5.41, 5.74) is 1.83. The number of aliphatic carboxylic acids is 1. The minimum Gasteiger partial charge on any atom is -0.480 e. The van der Waals surface area contributed by atoms with Gasteiger partial charge in [0.05, 0.1) is 0 Å². The van der Waals surface area contributed by atoms with E-state index in [0.29, 0.717) is 0 Å². The molecule has 1 heterocycles. The van der Waals surface area contributed by atoms with Crippen molar-refractivity contribution in [3.63, 3.8) is 0 Å². The van der Waals surface area contributed by atoms with E-state index < -0.39 is 23.3 Å². The van der Waals surface area contributed by atoms with E-state index >= 15 is 0 Å². The number of carboxylic acids is 1. The molecule has 2 atom stereocenters. The minimum absolute atomic E-state index is 0.191. The van der Waals surface area contributed by atoms with Crippen molar-refractivity contribution in [1.29, 1.82) is 0 Å². The Morgan fingerprint density at radius 1 is 1.38 bits per heavy atom. The van der Waals surface area contributed by atoms with Crippen molar-refractivity contribution in [2.75, 3.05) is 0 Å². The molecule has 2 N–H and O–H groups in total. The maximum Gasteiger partial charge on any atom is 0.322 e. The monoisotopic (exact) mass is 241 g/mol. The second-order valence-electron chi connectivity index (χ2n) is 3.63. The molecule has 0 saturated heterocycles. The molecule has 1 aliphatic rings. The van der Waals surface area contributed by atoms with E-state index in [9.17, 15) is 9.00 Å². The molecule has 0 bridgehead atoms. The summed E-state index contributed by atoms with van der Waals surface area (Å²) in [5.74, 6) is -1.07. The van der Waals surface area contributed by atoms with Gasteiger partial charge in [-0.3, -0.25) is 9.35 Å². The number of fused-ring (bicyclic) bond motifs is 1. The summed E-state index contributed by atoms with van der Waals surface area (Å²) in [4.78, 5) is 11.0. The minimum atomic E-state index is -2.26. The lowest BCUT2D eigenvalue weighted by Gasteiger charge is -2.30.